The molecule has 0 radical (unpaired) electrons. The summed E-state index contributed by atoms with van der Waals surface area (Å²) < 4.78 is 5.95. The molecular formula is C19H18N6O2. The average molecular weight is 362 g/mol. The van der Waals surface area contributed by atoms with Crippen LogP contribution in [0.25, 0.3) is 21.9 Å². The van der Waals surface area contributed by atoms with E-state index in [-0.39, 0.29) is 12.7 Å². The van der Waals surface area contributed by atoms with Crippen molar-refractivity contribution in [2.24, 2.45) is 0 Å². The number of ether oxygens (including phenoxy) is 1. The number of benzene rings is 1. The molecule has 0 atom stereocenters. The third-order valence-corrected chi connectivity index (χ3v) is 3.88. The quantitative estimate of drug-likeness (QED) is 0.415. The molecule has 0 amide bonds. The molecule has 0 aliphatic rings. The van der Waals surface area contributed by atoms with E-state index >= 15 is 0 Å². The monoisotopic (exact) mass is 362 g/mol. The van der Waals surface area contributed by atoms with Gasteiger partial charge in [-0.1, -0.05) is 5.92 Å². The number of nitrogens with zero attached hydrogens (tertiary/aromatic N) is 3. The summed E-state index contributed by atoms with van der Waals surface area (Å²) in [5, 5.41) is 21.0. The zero-order chi connectivity index (χ0) is 18.8. The van der Waals surface area contributed by atoms with Crippen LogP contribution in [0.5, 0.6) is 5.75 Å². The molecule has 8 nitrogen and oxygen atoms in total. The molecule has 0 aliphatic heterocycles. The van der Waals surface area contributed by atoms with Gasteiger partial charge in [-0.3, -0.25) is 5.10 Å². The lowest BCUT2D eigenvalue weighted by atomic mass is 10.2. The Morgan fingerprint density at radius 2 is 2.15 bits per heavy atom. The Morgan fingerprint density at radius 3 is 2.96 bits per heavy atom. The standard InChI is InChI=1S/C19H18N6O2/c1-11(2)27-17-8-15-12(9-22-25-15)6-16(17)24-19-14-7-13(4-3-5-26)23-18(14)20-10-21-19/h6-11,26H,5H2,1-2H3,(H,22,25)(H2,20,21,23,24). The van der Waals surface area contributed by atoms with Crippen molar-refractivity contribution in [1.82, 2.24) is 25.1 Å². The average Bonchev–Trinajstić information content (AvgIpc) is 3.26. The zero-order valence-electron chi connectivity index (χ0n) is 14.9. The summed E-state index contributed by atoms with van der Waals surface area (Å²) in [5.41, 5.74) is 2.99. The van der Waals surface area contributed by atoms with Crippen molar-refractivity contribution in [2.75, 3.05) is 11.9 Å². The molecule has 0 bridgehead atoms. The molecule has 3 aromatic heterocycles. The molecule has 0 aliphatic carbocycles. The summed E-state index contributed by atoms with van der Waals surface area (Å²) in [7, 11) is 0. The fourth-order valence-corrected chi connectivity index (χ4v) is 2.79. The molecule has 1 aromatic carbocycles. The van der Waals surface area contributed by atoms with E-state index in [1.807, 2.05) is 32.0 Å². The molecule has 4 aromatic rings. The van der Waals surface area contributed by atoms with E-state index in [9.17, 15) is 0 Å². The summed E-state index contributed by atoms with van der Waals surface area (Å²) >= 11 is 0. The number of aliphatic hydroxyl groups excluding tert-OH is 1. The predicted octanol–water partition coefficient (Wildman–Crippen LogP) is 2.71. The van der Waals surface area contributed by atoms with E-state index < -0.39 is 0 Å². The van der Waals surface area contributed by atoms with Gasteiger partial charge in [0.25, 0.3) is 0 Å². The molecule has 4 rings (SSSR count). The van der Waals surface area contributed by atoms with Crippen LogP contribution in [0.3, 0.4) is 0 Å². The predicted molar refractivity (Wildman–Crippen MR) is 103 cm³/mol. The number of aliphatic hydroxyl groups is 1. The summed E-state index contributed by atoms with van der Waals surface area (Å²) in [5.74, 6) is 6.79. The lowest BCUT2D eigenvalue weighted by Crippen LogP contribution is -2.07. The van der Waals surface area contributed by atoms with Gasteiger partial charge in [-0.2, -0.15) is 5.10 Å². The van der Waals surface area contributed by atoms with Crippen LogP contribution >= 0.6 is 0 Å². The van der Waals surface area contributed by atoms with Crippen LogP contribution < -0.4 is 10.1 Å². The second kappa shape index (κ2) is 6.97. The molecule has 4 N–H and O–H groups in total. The molecule has 27 heavy (non-hydrogen) atoms. The number of aromatic amines is 2. The van der Waals surface area contributed by atoms with E-state index in [1.54, 1.807) is 6.20 Å². The van der Waals surface area contributed by atoms with Crippen molar-refractivity contribution >= 4 is 33.4 Å². The number of hydrogen-bond acceptors (Lipinski definition) is 6. The first-order valence-corrected chi connectivity index (χ1v) is 8.48. The largest absolute Gasteiger partial charge is 0.489 e. The minimum Gasteiger partial charge on any atom is -0.489 e. The minimum absolute atomic E-state index is 0.0176. The number of anilines is 2. The first-order valence-electron chi connectivity index (χ1n) is 8.48. The highest BCUT2D eigenvalue weighted by Crippen LogP contribution is 2.34. The number of H-pyrrole nitrogens is 2. The lowest BCUT2D eigenvalue weighted by Gasteiger charge is -2.15. The van der Waals surface area contributed by atoms with Crippen molar-refractivity contribution in [3.05, 3.63) is 36.4 Å². The maximum atomic E-state index is 8.87. The van der Waals surface area contributed by atoms with Gasteiger partial charge >= 0.3 is 0 Å². The second-order valence-corrected chi connectivity index (χ2v) is 6.22. The van der Waals surface area contributed by atoms with Gasteiger partial charge in [-0.15, -0.1) is 0 Å². The van der Waals surface area contributed by atoms with Crippen LogP contribution in [0.15, 0.2) is 30.7 Å². The molecule has 0 saturated carbocycles. The normalized spacial score (nSPS) is 11.0. The number of hydrogen-bond donors (Lipinski definition) is 4. The van der Waals surface area contributed by atoms with E-state index in [1.165, 1.54) is 6.33 Å². The van der Waals surface area contributed by atoms with Gasteiger partial charge < -0.3 is 20.1 Å². The molecule has 0 unspecified atom stereocenters. The van der Waals surface area contributed by atoms with Gasteiger partial charge in [-0.05, 0) is 31.9 Å². The van der Waals surface area contributed by atoms with Crippen molar-refractivity contribution in [2.45, 2.75) is 20.0 Å². The van der Waals surface area contributed by atoms with Gasteiger partial charge in [0.2, 0.25) is 0 Å². The molecular weight excluding hydrogens is 344 g/mol. The maximum Gasteiger partial charge on any atom is 0.145 e. The van der Waals surface area contributed by atoms with Crippen molar-refractivity contribution < 1.29 is 9.84 Å². The van der Waals surface area contributed by atoms with Gasteiger partial charge in [0.15, 0.2) is 0 Å². The van der Waals surface area contributed by atoms with Crippen LogP contribution in [0.4, 0.5) is 11.5 Å². The second-order valence-electron chi connectivity index (χ2n) is 6.22. The summed E-state index contributed by atoms with van der Waals surface area (Å²) in [6.07, 6.45) is 3.25. The Balaban J connectivity index is 1.78. The van der Waals surface area contributed by atoms with Gasteiger partial charge in [0.1, 0.15) is 30.1 Å². The van der Waals surface area contributed by atoms with E-state index in [0.29, 0.717) is 22.9 Å². The van der Waals surface area contributed by atoms with Crippen LogP contribution in [-0.2, 0) is 0 Å². The Labute approximate surface area is 155 Å². The molecule has 8 heteroatoms. The highest BCUT2D eigenvalue weighted by Gasteiger charge is 2.13. The first kappa shape index (κ1) is 16.9. The van der Waals surface area contributed by atoms with Gasteiger partial charge in [0, 0.05) is 11.5 Å². The molecule has 0 spiro atoms. The highest BCUT2D eigenvalue weighted by atomic mass is 16.5. The van der Waals surface area contributed by atoms with Crippen LogP contribution in [0, 0.1) is 11.8 Å². The van der Waals surface area contributed by atoms with Crippen molar-refractivity contribution in [3.8, 4) is 17.6 Å². The number of nitrogens with one attached hydrogen (secondary N) is 3. The summed E-state index contributed by atoms with van der Waals surface area (Å²) in [4.78, 5) is 11.7. The first-order chi connectivity index (χ1) is 13.1. The number of fused-ring (bicyclic) bond motifs is 2. The fraction of sp³-hybridized carbons (Fsp3) is 0.211. The van der Waals surface area contributed by atoms with Crippen molar-refractivity contribution in [3.63, 3.8) is 0 Å². The smallest absolute Gasteiger partial charge is 0.145 e. The minimum atomic E-state index is -0.202. The van der Waals surface area contributed by atoms with E-state index in [4.69, 9.17) is 9.84 Å². The molecule has 3 heterocycles. The lowest BCUT2D eigenvalue weighted by molar-refractivity contribution is 0.244. The Kier molecular flexibility index (Phi) is 4.36. The van der Waals surface area contributed by atoms with Crippen molar-refractivity contribution in [1.29, 1.82) is 0 Å². The number of aromatic nitrogens is 5. The highest BCUT2D eigenvalue weighted by molar-refractivity contribution is 5.93. The fourth-order valence-electron chi connectivity index (χ4n) is 2.79. The Hall–Kier alpha value is -3.57. The van der Waals surface area contributed by atoms with Crippen LogP contribution in [0.1, 0.15) is 19.5 Å². The van der Waals surface area contributed by atoms with Gasteiger partial charge in [0.05, 0.1) is 34.6 Å². The van der Waals surface area contributed by atoms with E-state index in [0.717, 1.165) is 22.0 Å². The molecule has 136 valence electrons. The van der Waals surface area contributed by atoms with Gasteiger partial charge in [-0.25, -0.2) is 9.97 Å². The summed E-state index contributed by atoms with van der Waals surface area (Å²) in [6, 6.07) is 5.72. The number of rotatable bonds is 4. The van der Waals surface area contributed by atoms with Crippen LogP contribution in [-0.4, -0.2) is 43.0 Å². The third kappa shape index (κ3) is 3.41. The topological polar surface area (TPSA) is 112 Å². The molecule has 0 saturated heterocycles. The third-order valence-electron chi connectivity index (χ3n) is 3.88. The maximum absolute atomic E-state index is 8.87. The van der Waals surface area contributed by atoms with Crippen LogP contribution in [0.2, 0.25) is 0 Å². The summed E-state index contributed by atoms with van der Waals surface area (Å²) in [6.45, 7) is 3.75. The van der Waals surface area contributed by atoms with E-state index in [2.05, 4.69) is 42.3 Å². The SMILES string of the molecule is CC(C)Oc1cc2[nH]ncc2cc1Nc1ncnc2[nH]c(C#CCO)cc12. The zero-order valence-corrected chi connectivity index (χ0v) is 14.9. The Morgan fingerprint density at radius 1 is 1.26 bits per heavy atom. The Bertz CT molecular complexity index is 1170. The molecule has 0 fully saturated rings.